The third-order valence-electron chi connectivity index (χ3n) is 15.2. The van der Waals surface area contributed by atoms with E-state index in [-0.39, 0.29) is 48.5 Å². The number of dihydropyridines is 1. The van der Waals surface area contributed by atoms with E-state index in [1.54, 1.807) is 13.0 Å². The number of ether oxygens (including phenoxy) is 1. The van der Waals surface area contributed by atoms with Gasteiger partial charge in [0, 0.05) is 23.5 Å². The zero-order chi connectivity index (χ0) is 35.8. The van der Waals surface area contributed by atoms with Crippen molar-refractivity contribution in [2.75, 3.05) is 6.61 Å². The van der Waals surface area contributed by atoms with Crippen LogP contribution in [0.15, 0.2) is 47.7 Å². The molecule has 2 aliphatic heterocycles. The average molecular weight is 695 g/mol. The van der Waals surface area contributed by atoms with Crippen LogP contribution in [-0.4, -0.2) is 79.7 Å². The molecule has 16 atom stereocenters. The standard InChI is InChI=1S/C41H62N2O7/c1-5-6-7-8-9-27-22-50-36(23(27)2)37(47)39(4,48)33-14-15-41(49)29-17-30(44)28-16-31(45)32(46)20-40(28)19-24(26-12-13-34(42)43-21-26)10-11-25(35(29)40)18-38(33,41)3/h10-13,17,21,23-25,27-28,31-37,43,45-49H,5-9,14-16,18-20,22,42H2,1-4H3. The smallest absolute Gasteiger partial charge is 0.159 e. The number of unbranched alkanes of at least 4 members (excludes halogenated alkanes) is 3. The van der Waals surface area contributed by atoms with Crippen LogP contribution in [0.25, 0.3) is 0 Å². The lowest BCUT2D eigenvalue weighted by molar-refractivity contribution is -0.200. The van der Waals surface area contributed by atoms with E-state index >= 15 is 0 Å². The second kappa shape index (κ2) is 13.2. The molecule has 1 saturated heterocycles. The molecular formula is C41H62N2O7. The fraction of sp³-hybridized carbons (Fsp3) is 0.780. The number of hydrogen-bond donors (Lipinski definition) is 7. The average Bonchev–Trinajstić information content (AvgIpc) is 3.52. The molecule has 9 nitrogen and oxygen atoms in total. The number of carbonyl (C=O) groups is 1. The molecule has 0 aromatic heterocycles. The highest BCUT2D eigenvalue weighted by molar-refractivity contribution is 5.95. The van der Waals surface area contributed by atoms with Crippen LogP contribution >= 0.6 is 0 Å². The Morgan fingerprint density at radius 1 is 1.12 bits per heavy atom. The van der Waals surface area contributed by atoms with Crippen molar-refractivity contribution < 1.29 is 35.1 Å². The van der Waals surface area contributed by atoms with Gasteiger partial charge in [0.25, 0.3) is 0 Å². The summed E-state index contributed by atoms with van der Waals surface area (Å²) >= 11 is 0. The number of fused-ring (bicyclic) bond motifs is 2. The molecule has 0 bridgehead atoms. The lowest BCUT2D eigenvalue weighted by Gasteiger charge is -2.63. The molecule has 9 heteroatoms. The molecule has 278 valence electrons. The quantitative estimate of drug-likeness (QED) is 0.139. The van der Waals surface area contributed by atoms with E-state index < -0.39 is 58.3 Å². The molecule has 7 rings (SSSR count). The van der Waals surface area contributed by atoms with Gasteiger partial charge < -0.3 is 41.3 Å². The molecule has 5 aliphatic carbocycles. The second-order valence-electron chi connectivity index (χ2n) is 17.9. The molecule has 4 fully saturated rings. The lowest BCUT2D eigenvalue weighted by Crippen LogP contribution is -2.66. The molecule has 0 aromatic rings. The molecule has 1 spiro atoms. The Morgan fingerprint density at radius 3 is 2.62 bits per heavy atom. The highest BCUT2D eigenvalue weighted by Crippen LogP contribution is 2.72. The van der Waals surface area contributed by atoms with Crippen LogP contribution in [0.1, 0.15) is 98.3 Å². The zero-order valence-corrected chi connectivity index (χ0v) is 30.5. The monoisotopic (exact) mass is 694 g/mol. The largest absolute Gasteiger partial charge is 0.390 e. The first-order valence-electron chi connectivity index (χ1n) is 19.6. The Balaban J connectivity index is 1.23. The van der Waals surface area contributed by atoms with Gasteiger partial charge in [-0.1, -0.05) is 64.7 Å². The van der Waals surface area contributed by atoms with Crippen LogP contribution in [0, 0.1) is 52.3 Å². The molecule has 2 heterocycles. The molecule has 50 heavy (non-hydrogen) atoms. The third kappa shape index (κ3) is 5.55. The van der Waals surface area contributed by atoms with Crippen LogP contribution in [0.2, 0.25) is 0 Å². The van der Waals surface area contributed by atoms with Crippen molar-refractivity contribution in [2.24, 2.45) is 58.0 Å². The van der Waals surface area contributed by atoms with Gasteiger partial charge in [-0.05, 0) is 110 Å². The highest BCUT2D eigenvalue weighted by atomic mass is 16.5. The van der Waals surface area contributed by atoms with Crippen molar-refractivity contribution >= 4 is 5.78 Å². The maximum absolute atomic E-state index is 14.3. The Labute approximate surface area is 298 Å². The SMILES string of the molecule is CCCCCCC1COC(C(O)C(C)(O)C2CCC3(O)C4=CC(=O)C5CC(O)C(O)CC56CC(C5=CNC(N)C=C5)C=CC(CC23C)C46)C1C. The van der Waals surface area contributed by atoms with Crippen LogP contribution in [-0.2, 0) is 9.53 Å². The summed E-state index contributed by atoms with van der Waals surface area (Å²) in [7, 11) is 0. The Bertz CT molecular complexity index is 1440. The fourth-order valence-electron chi connectivity index (χ4n) is 12.5. The summed E-state index contributed by atoms with van der Waals surface area (Å²) in [5, 5.41) is 62.9. The van der Waals surface area contributed by atoms with Crippen LogP contribution < -0.4 is 11.1 Å². The van der Waals surface area contributed by atoms with Crippen molar-refractivity contribution in [1.82, 2.24) is 5.32 Å². The van der Waals surface area contributed by atoms with Gasteiger partial charge in [0.15, 0.2) is 5.78 Å². The predicted molar refractivity (Wildman–Crippen MR) is 191 cm³/mol. The molecule has 0 amide bonds. The molecule has 7 aliphatic rings. The van der Waals surface area contributed by atoms with E-state index in [9.17, 15) is 30.3 Å². The molecule has 0 radical (unpaired) electrons. The summed E-state index contributed by atoms with van der Waals surface area (Å²) in [5.41, 5.74) is 3.37. The summed E-state index contributed by atoms with van der Waals surface area (Å²) < 4.78 is 6.26. The van der Waals surface area contributed by atoms with Gasteiger partial charge in [0.1, 0.15) is 6.10 Å². The van der Waals surface area contributed by atoms with E-state index in [0.717, 1.165) is 18.4 Å². The zero-order valence-electron chi connectivity index (χ0n) is 30.5. The number of aliphatic hydroxyl groups is 5. The van der Waals surface area contributed by atoms with Gasteiger partial charge in [-0.15, -0.1) is 0 Å². The van der Waals surface area contributed by atoms with Crippen molar-refractivity contribution in [3.8, 4) is 0 Å². The van der Waals surface area contributed by atoms with E-state index in [4.69, 9.17) is 10.5 Å². The number of nitrogens with one attached hydrogen (secondary N) is 1. The van der Waals surface area contributed by atoms with E-state index in [0.29, 0.717) is 43.8 Å². The predicted octanol–water partition coefficient (Wildman–Crippen LogP) is 4.03. The van der Waals surface area contributed by atoms with Crippen LogP contribution in [0.3, 0.4) is 0 Å². The number of nitrogens with two attached hydrogens (primary N) is 1. The second-order valence-corrected chi connectivity index (χ2v) is 17.9. The van der Waals surface area contributed by atoms with Gasteiger partial charge in [-0.3, -0.25) is 4.79 Å². The van der Waals surface area contributed by atoms with Gasteiger partial charge in [-0.25, -0.2) is 0 Å². The third-order valence-corrected chi connectivity index (χ3v) is 15.2. The maximum Gasteiger partial charge on any atom is 0.159 e. The van der Waals surface area contributed by atoms with Crippen molar-refractivity contribution in [1.29, 1.82) is 0 Å². The minimum absolute atomic E-state index is 0.0621. The lowest BCUT2D eigenvalue weighted by atomic mass is 9.42. The van der Waals surface area contributed by atoms with Crippen molar-refractivity contribution in [2.45, 2.75) is 140 Å². The first-order valence-corrected chi connectivity index (χ1v) is 19.6. The summed E-state index contributed by atoms with van der Waals surface area (Å²) in [6.07, 6.45) is 16.5. The Kier molecular flexibility index (Phi) is 9.65. The summed E-state index contributed by atoms with van der Waals surface area (Å²) in [6, 6.07) is 0. The topological polar surface area (TPSA) is 166 Å². The van der Waals surface area contributed by atoms with Crippen LogP contribution in [0.5, 0.6) is 0 Å². The molecule has 3 saturated carbocycles. The van der Waals surface area contributed by atoms with E-state index in [2.05, 4.69) is 38.2 Å². The minimum Gasteiger partial charge on any atom is -0.390 e. The highest BCUT2D eigenvalue weighted by Gasteiger charge is 2.72. The molecule has 8 N–H and O–H groups in total. The first kappa shape index (κ1) is 36.5. The number of rotatable bonds is 9. The number of ketones is 1. The maximum atomic E-state index is 14.3. The van der Waals surface area contributed by atoms with Crippen LogP contribution in [0.4, 0.5) is 0 Å². The number of hydrogen-bond acceptors (Lipinski definition) is 9. The van der Waals surface area contributed by atoms with Gasteiger partial charge in [0.2, 0.25) is 0 Å². The van der Waals surface area contributed by atoms with E-state index in [1.807, 2.05) is 18.4 Å². The fourth-order valence-corrected chi connectivity index (χ4v) is 12.5. The van der Waals surface area contributed by atoms with Gasteiger partial charge >= 0.3 is 0 Å². The summed E-state index contributed by atoms with van der Waals surface area (Å²) in [6.45, 7) is 8.70. The molecule has 16 unspecified atom stereocenters. The summed E-state index contributed by atoms with van der Waals surface area (Å²) in [4.78, 5) is 14.3. The van der Waals surface area contributed by atoms with Crippen molar-refractivity contribution in [3.05, 3.63) is 47.7 Å². The number of aliphatic hydroxyl groups excluding tert-OH is 3. The van der Waals surface area contributed by atoms with E-state index in [1.165, 1.54) is 19.3 Å². The normalized spacial score (nSPS) is 48.4. The molecular weight excluding hydrogens is 632 g/mol. The molecule has 0 aromatic carbocycles. The van der Waals surface area contributed by atoms with Gasteiger partial charge in [-0.2, -0.15) is 0 Å². The first-order chi connectivity index (χ1) is 23.7. The summed E-state index contributed by atoms with van der Waals surface area (Å²) in [5.74, 6) is -0.955. The number of allylic oxidation sites excluding steroid dienone is 5. The Hall–Kier alpha value is -1.85. The van der Waals surface area contributed by atoms with Crippen molar-refractivity contribution in [3.63, 3.8) is 0 Å². The number of carbonyl (C=O) groups excluding carboxylic acids is 1. The minimum atomic E-state index is -1.55. The van der Waals surface area contributed by atoms with Gasteiger partial charge in [0.05, 0.1) is 42.3 Å². The Morgan fingerprint density at radius 2 is 1.90 bits per heavy atom.